The highest BCUT2D eigenvalue weighted by Crippen LogP contribution is 2.35. The Morgan fingerprint density at radius 3 is 2.15 bits per heavy atom. The van der Waals surface area contributed by atoms with Gasteiger partial charge in [-0.1, -0.05) is 17.3 Å². The van der Waals surface area contributed by atoms with E-state index in [1.54, 1.807) is 40.6 Å². The van der Waals surface area contributed by atoms with Gasteiger partial charge in [0.15, 0.2) is 23.0 Å². The molecule has 33 heavy (non-hydrogen) atoms. The Morgan fingerprint density at radius 1 is 0.697 bits per heavy atom. The van der Waals surface area contributed by atoms with Crippen molar-refractivity contribution in [3.05, 3.63) is 66.2 Å². The number of nitrogens with zero attached hydrogens (tertiary/aromatic N) is 2. The molecule has 0 saturated carbocycles. The quantitative estimate of drug-likeness (QED) is 0.353. The highest BCUT2D eigenvalue weighted by molar-refractivity contribution is 5.65. The first-order chi connectivity index (χ1) is 16.1. The summed E-state index contributed by atoms with van der Waals surface area (Å²) in [4.78, 5) is 4.51. The van der Waals surface area contributed by atoms with Crippen LogP contribution in [0.5, 0.6) is 28.7 Å². The first-order valence-electron chi connectivity index (χ1n) is 10.2. The van der Waals surface area contributed by atoms with Crippen LogP contribution in [0, 0.1) is 0 Å². The number of hydrogen-bond donors (Lipinski definition) is 0. The first kappa shape index (κ1) is 22.0. The second-order valence-corrected chi connectivity index (χ2v) is 7.00. The minimum Gasteiger partial charge on any atom is -0.497 e. The fraction of sp³-hybridized carbons (Fsp3) is 0.200. The average molecular weight is 448 g/mol. The van der Waals surface area contributed by atoms with Gasteiger partial charge in [0.25, 0.3) is 5.89 Å². The Labute approximate surface area is 191 Å². The van der Waals surface area contributed by atoms with Crippen LogP contribution in [0.25, 0.3) is 22.8 Å². The zero-order valence-electron chi connectivity index (χ0n) is 18.8. The second kappa shape index (κ2) is 9.95. The van der Waals surface area contributed by atoms with Gasteiger partial charge in [-0.3, -0.25) is 0 Å². The van der Waals surface area contributed by atoms with Gasteiger partial charge in [-0.15, -0.1) is 0 Å². The summed E-state index contributed by atoms with van der Waals surface area (Å²) in [6, 6.07) is 18.6. The molecule has 0 saturated heterocycles. The molecule has 0 spiro atoms. The third-order valence-electron chi connectivity index (χ3n) is 5.01. The van der Waals surface area contributed by atoms with Gasteiger partial charge in [-0.25, -0.2) is 0 Å². The van der Waals surface area contributed by atoms with Crippen molar-refractivity contribution in [1.82, 2.24) is 10.1 Å². The molecule has 0 radical (unpaired) electrons. The summed E-state index contributed by atoms with van der Waals surface area (Å²) >= 11 is 0. The van der Waals surface area contributed by atoms with Crippen molar-refractivity contribution in [2.45, 2.75) is 6.61 Å². The summed E-state index contributed by atoms with van der Waals surface area (Å²) in [6.45, 7) is 0.374. The number of hydrogen-bond acceptors (Lipinski definition) is 8. The molecule has 3 aromatic carbocycles. The minimum atomic E-state index is 0.364. The van der Waals surface area contributed by atoms with Gasteiger partial charge >= 0.3 is 0 Å². The SMILES string of the molecule is COc1cccc(COc2ccc(-c3noc(-c4ccc(OC)c(OC)c4)n3)cc2OC)c1. The van der Waals surface area contributed by atoms with Gasteiger partial charge < -0.3 is 28.2 Å². The molecule has 8 heteroatoms. The largest absolute Gasteiger partial charge is 0.497 e. The lowest BCUT2D eigenvalue weighted by molar-refractivity contribution is 0.284. The molecule has 0 aliphatic rings. The molecule has 0 bridgehead atoms. The summed E-state index contributed by atoms with van der Waals surface area (Å²) in [6.07, 6.45) is 0. The maximum absolute atomic E-state index is 5.96. The molecule has 0 aliphatic carbocycles. The monoisotopic (exact) mass is 448 g/mol. The van der Waals surface area contributed by atoms with E-state index in [1.807, 2.05) is 48.5 Å². The second-order valence-electron chi connectivity index (χ2n) is 7.00. The zero-order chi connectivity index (χ0) is 23.2. The van der Waals surface area contributed by atoms with E-state index in [1.165, 1.54) is 0 Å². The minimum absolute atomic E-state index is 0.364. The molecule has 0 amide bonds. The topological polar surface area (TPSA) is 85.1 Å². The molecular weight excluding hydrogens is 424 g/mol. The molecule has 0 atom stereocenters. The smallest absolute Gasteiger partial charge is 0.258 e. The maximum atomic E-state index is 5.96. The van der Waals surface area contributed by atoms with E-state index in [-0.39, 0.29) is 0 Å². The summed E-state index contributed by atoms with van der Waals surface area (Å²) in [7, 11) is 6.38. The van der Waals surface area contributed by atoms with Crippen LogP contribution in [0.15, 0.2) is 65.2 Å². The predicted molar refractivity (Wildman–Crippen MR) is 122 cm³/mol. The van der Waals surface area contributed by atoms with Crippen molar-refractivity contribution in [3.8, 4) is 51.6 Å². The number of ether oxygens (including phenoxy) is 5. The lowest BCUT2D eigenvalue weighted by atomic mass is 10.1. The zero-order valence-corrected chi connectivity index (χ0v) is 18.8. The fourth-order valence-electron chi connectivity index (χ4n) is 3.28. The number of benzene rings is 3. The molecule has 0 N–H and O–H groups in total. The fourth-order valence-corrected chi connectivity index (χ4v) is 3.28. The predicted octanol–water partition coefficient (Wildman–Crippen LogP) is 5.02. The van der Waals surface area contributed by atoms with Gasteiger partial charge in [-0.2, -0.15) is 4.98 Å². The van der Waals surface area contributed by atoms with Crippen LogP contribution in [0.4, 0.5) is 0 Å². The third-order valence-corrected chi connectivity index (χ3v) is 5.01. The molecule has 0 unspecified atom stereocenters. The molecule has 0 fully saturated rings. The van der Waals surface area contributed by atoms with E-state index in [4.69, 9.17) is 28.2 Å². The van der Waals surface area contributed by atoms with Crippen LogP contribution in [0.3, 0.4) is 0 Å². The van der Waals surface area contributed by atoms with E-state index < -0.39 is 0 Å². The lowest BCUT2D eigenvalue weighted by Gasteiger charge is -2.12. The van der Waals surface area contributed by atoms with E-state index in [9.17, 15) is 0 Å². The van der Waals surface area contributed by atoms with Crippen LogP contribution >= 0.6 is 0 Å². The van der Waals surface area contributed by atoms with Crippen LogP contribution in [0.2, 0.25) is 0 Å². The highest BCUT2D eigenvalue weighted by atomic mass is 16.5. The average Bonchev–Trinajstić information content (AvgIpc) is 3.37. The van der Waals surface area contributed by atoms with Crippen LogP contribution in [-0.4, -0.2) is 38.6 Å². The summed E-state index contributed by atoms with van der Waals surface area (Å²) < 4.78 is 32.8. The number of methoxy groups -OCH3 is 4. The van der Waals surface area contributed by atoms with Gasteiger partial charge in [0.1, 0.15) is 12.4 Å². The lowest BCUT2D eigenvalue weighted by Crippen LogP contribution is -1.98. The molecule has 1 heterocycles. The molecule has 4 aromatic rings. The summed E-state index contributed by atoms with van der Waals surface area (Å²) in [5, 5.41) is 4.11. The van der Waals surface area contributed by atoms with Crippen molar-refractivity contribution in [2.24, 2.45) is 0 Å². The van der Waals surface area contributed by atoms with Crippen LogP contribution in [0.1, 0.15) is 5.56 Å². The van der Waals surface area contributed by atoms with E-state index in [2.05, 4.69) is 10.1 Å². The van der Waals surface area contributed by atoms with Crippen LogP contribution in [-0.2, 0) is 6.61 Å². The maximum Gasteiger partial charge on any atom is 0.258 e. The molecule has 0 aliphatic heterocycles. The summed E-state index contributed by atoms with van der Waals surface area (Å²) in [5.41, 5.74) is 2.44. The van der Waals surface area contributed by atoms with Crippen molar-refractivity contribution in [3.63, 3.8) is 0 Å². The molecule has 4 rings (SSSR count). The Kier molecular flexibility index (Phi) is 6.64. The van der Waals surface area contributed by atoms with Crippen molar-refractivity contribution >= 4 is 0 Å². The van der Waals surface area contributed by atoms with Gasteiger partial charge in [0, 0.05) is 11.1 Å². The van der Waals surface area contributed by atoms with E-state index in [0.717, 1.165) is 22.4 Å². The number of aromatic nitrogens is 2. The number of rotatable bonds is 9. The van der Waals surface area contributed by atoms with Crippen molar-refractivity contribution in [2.75, 3.05) is 28.4 Å². The van der Waals surface area contributed by atoms with E-state index in [0.29, 0.717) is 41.3 Å². The highest BCUT2D eigenvalue weighted by Gasteiger charge is 2.15. The van der Waals surface area contributed by atoms with E-state index >= 15 is 0 Å². The molecular formula is C25H24N2O6. The van der Waals surface area contributed by atoms with Gasteiger partial charge in [-0.05, 0) is 54.1 Å². The Bertz CT molecular complexity index is 1240. The third kappa shape index (κ3) is 4.85. The summed E-state index contributed by atoms with van der Waals surface area (Å²) in [5.74, 6) is 3.94. The molecule has 1 aromatic heterocycles. The Hall–Kier alpha value is -4.20. The molecule has 170 valence electrons. The van der Waals surface area contributed by atoms with Crippen LogP contribution < -0.4 is 23.7 Å². The van der Waals surface area contributed by atoms with Crippen molar-refractivity contribution < 1.29 is 28.2 Å². The normalized spacial score (nSPS) is 10.5. The Morgan fingerprint density at radius 2 is 1.39 bits per heavy atom. The van der Waals surface area contributed by atoms with Crippen molar-refractivity contribution in [1.29, 1.82) is 0 Å². The first-order valence-corrected chi connectivity index (χ1v) is 10.2. The standard InChI is InChI=1S/C25H24N2O6/c1-28-19-7-5-6-16(12-19)15-32-21-11-8-17(13-23(21)31-4)24-26-25(33-27-24)18-9-10-20(29-2)22(14-18)30-3/h5-14H,15H2,1-4H3. The molecule has 8 nitrogen and oxygen atoms in total. The van der Waals surface area contributed by atoms with Gasteiger partial charge in [0.2, 0.25) is 5.82 Å². The Balaban J connectivity index is 1.54. The van der Waals surface area contributed by atoms with Gasteiger partial charge in [0.05, 0.1) is 28.4 Å².